The van der Waals surface area contributed by atoms with Gasteiger partial charge in [0.05, 0.1) is 5.57 Å². The summed E-state index contributed by atoms with van der Waals surface area (Å²) in [6.07, 6.45) is 10.8. The van der Waals surface area contributed by atoms with E-state index in [4.69, 9.17) is 5.26 Å². The topological polar surface area (TPSA) is 118 Å². The van der Waals surface area contributed by atoms with Crippen LogP contribution in [0.5, 0.6) is 0 Å². The highest BCUT2D eigenvalue weighted by atomic mass is 16.2. The zero-order chi connectivity index (χ0) is 25.8. The van der Waals surface area contributed by atoms with Gasteiger partial charge in [-0.1, -0.05) is 56.3 Å². The van der Waals surface area contributed by atoms with Gasteiger partial charge >= 0.3 is 0 Å². The summed E-state index contributed by atoms with van der Waals surface area (Å²) in [5, 5.41) is 17.0. The van der Waals surface area contributed by atoms with Crippen molar-refractivity contribution < 1.29 is 14.4 Å². The Labute approximate surface area is 207 Å². The molecule has 2 unspecified atom stereocenters. The fraction of sp³-hybridized carbons (Fsp3) is 0.423. The lowest BCUT2D eigenvalue weighted by Gasteiger charge is -2.30. The predicted molar refractivity (Wildman–Crippen MR) is 135 cm³/mol. The quantitative estimate of drug-likeness (QED) is 0.304. The van der Waals surface area contributed by atoms with Crippen LogP contribution in [0.2, 0.25) is 0 Å². The first-order valence-electron chi connectivity index (χ1n) is 11.7. The number of hydrogen-bond donors (Lipinski definition) is 2. The number of rotatable bonds is 10. The third-order valence-corrected chi connectivity index (χ3v) is 5.50. The minimum absolute atomic E-state index is 0.108. The van der Waals surface area contributed by atoms with Crippen LogP contribution < -0.4 is 10.6 Å². The molecular weight excluding hydrogens is 444 g/mol. The third kappa shape index (κ3) is 8.74. The highest BCUT2D eigenvalue weighted by molar-refractivity contribution is 6.13. The summed E-state index contributed by atoms with van der Waals surface area (Å²) in [6, 6.07) is 7.58. The van der Waals surface area contributed by atoms with Gasteiger partial charge in [0.15, 0.2) is 6.19 Å². The molecule has 0 bridgehead atoms. The zero-order valence-electron chi connectivity index (χ0n) is 20.8. The van der Waals surface area contributed by atoms with Gasteiger partial charge in [0.1, 0.15) is 12.1 Å². The molecule has 35 heavy (non-hydrogen) atoms. The summed E-state index contributed by atoms with van der Waals surface area (Å²) >= 11 is 0. The summed E-state index contributed by atoms with van der Waals surface area (Å²) in [7, 11) is 2.94. The Hall–Kier alpha value is -3.93. The second kappa shape index (κ2) is 13.7. The molecule has 186 valence electrons. The van der Waals surface area contributed by atoms with Crippen molar-refractivity contribution in [3.63, 3.8) is 0 Å². The van der Waals surface area contributed by atoms with E-state index < -0.39 is 29.8 Å². The van der Waals surface area contributed by atoms with Crippen LogP contribution in [0.15, 0.2) is 59.2 Å². The fourth-order valence-electron chi connectivity index (χ4n) is 3.50. The summed E-state index contributed by atoms with van der Waals surface area (Å²) in [6.45, 7) is 3.89. The van der Waals surface area contributed by atoms with Gasteiger partial charge in [-0.3, -0.25) is 19.4 Å². The van der Waals surface area contributed by atoms with Crippen LogP contribution in [0.4, 0.5) is 0 Å². The van der Waals surface area contributed by atoms with Crippen molar-refractivity contribution in [3.8, 4) is 6.19 Å². The Bertz CT molecular complexity index is 1010. The van der Waals surface area contributed by atoms with E-state index in [0.717, 1.165) is 17.0 Å². The van der Waals surface area contributed by atoms with Gasteiger partial charge in [-0.25, -0.2) is 10.0 Å². The molecule has 0 fully saturated rings. The van der Waals surface area contributed by atoms with E-state index in [1.807, 2.05) is 56.4 Å². The van der Waals surface area contributed by atoms with Crippen molar-refractivity contribution in [2.75, 3.05) is 14.1 Å². The van der Waals surface area contributed by atoms with Crippen LogP contribution in [0.1, 0.15) is 38.7 Å². The van der Waals surface area contributed by atoms with E-state index in [-0.39, 0.29) is 12.3 Å². The van der Waals surface area contributed by atoms with Crippen LogP contribution in [-0.2, 0) is 20.8 Å². The van der Waals surface area contributed by atoms with E-state index in [0.29, 0.717) is 18.4 Å². The van der Waals surface area contributed by atoms with Gasteiger partial charge < -0.3 is 10.6 Å². The molecule has 9 nitrogen and oxygen atoms in total. The standard InChI is InChI=1S/C26H34N6O3/c1-19(2)15-23(26(35)32(4)31(3)18-27)30-25(34)22(16-20-11-7-5-8-12-20)29-24(33)21-13-9-6-10-14-28-17-21/h5,7-8,10-14,17,19,22-23H,6,9,15-16H2,1-4H3,(H,29,33)(H,30,34). The Morgan fingerprint density at radius 1 is 1.09 bits per heavy atom. The molecule has 0 aliphatic carbocycles. The number of nitrogens with zero attached hydrogens (tertiary/aromatic N) is 4. The molecule has 2 N–H and O–H groups in total. The molecular formula is C26H34N6O3. The maximum atomic E-state index is 13.4. The first-order chi connectivity index (χ1) is 16.7. The number of nitriles is 1. The molecule has 1 aromatic carbocycles. The molecule has 1 aliphatic heterocycles. The average molecular weight is 479 g/mol. The van der Waals surface area contributed by atoms with Gasteiger partial charge in [0, 0.05) is 32.9 Å². The number of amides is 3. The smallest absolute Gasteiger partial charge is 0.263 e. The number of hydrogen-bond acceptors (Lipinski definition) is 6. The van der Waals surface area contributed by atoms with Gasteiger partial charge in [0.2, 0.25) is 5.91 Å². The van der Waals surface area contributed by atoms with Crippen molar-refractivity contribution in [2.45, 2.75) is 51.6 Å². The van der Waals surface area contributed by atoms with Gasteiger partial charge in [-0.2, -0.15) is 5.26 Å². The van der Waals surface area contributed by atoms with Crippen LogP contribution in [0.25, 0.3) is 0 Å². The van der Waals surface area contributed by atoms with Crippen molar-refractivity contribution in [1.82, 2.24) is 20.7 Å². The summed E-state index contributed by atoms with van der Waals surface area (Å²) in [5.41, 5.74) is 1.25. The molecule has 0 spiro atoms. The maximum absolute atomic E-state index is 13.4. The number of nitrogens with one attached hydrogen (secondary N) is 2. The summed E-state index contributed by atoms with van der Waals surface area (Å²) < 4.78 is 0. The van der Waals surface area contributed by atoms with E-state index in [2.05, 4.69) is 15.6 Å². The van der Waals surface area contributed by atoms with Crippen LogP contribution in [0.3, 0.4) is 0 Å². The Morgan fingerprint density at radius 3 is 2.46 bits per heavy atom. The third-order valence-electron chi connectivity index (χ3n) is 5.50. The Balaban J connectivity index is 2.26. The van der Waals surface area contributed by atoms with Gasteiger partial charge in [-0.05, 0) is 30.7 Å². The second-order valence-electron chi connectivity index (χ2n) is 8.79. The monoisotopic (exact) mass is 478 g/mol. The molecule has 1 heterocycles. The van der Waals surface area contributed by atoms with Gasteiger partial charge in [0.25, 0.3) is 11.8 Å². The van der Waals surface area contributed by atoms with Crippen molar-refractivity contribution in [3.05, 3.63) is 59.8 Å². The number of benzene rings is 1. The number of carbonyl (C=O) groups is 3. The molecule has 0 saturated heterocycles. The number of likely N-dealkylation sites (N-methyl/N-ethyl adjacent to an activating group) is 1. The molecule has 3 amide bonds. The number of carbonyl (C=O) groups excluding carboxylic acids is 3. The van der Waals surface area contributed by atoms with Crippen LogP contribution >= 0.6 is 0 Å². The Morgan fingerprint density at radius 2 is 1.80 bits per heavy atom. The summed E-state index contributed by atoms with van der Waals surface area (Å²) in [4.78, 5) is 43.6. The fourth-order valence-corrected chi connectivity index (χ4v) is 3.50. The zero-order valence-corrected chi connectivity index (χ0v) is 20.8. The van der Waals surface area contributed by atoms with Crippen LogP contribution in [-0.4, -0.2) is 60.1 Å². The lowest BCUT2D eigenvalue weighted by atomic mass is 10.0. The summed E-state index contributed by atoms with van der Waals surface area (Å²) in [5.74, 6) is -1.19. The molecule has 1 aromatic rings. The van der Waals surface area contributed by atoms with E-state index >= 15 is 0 Å². The van der Waals surface area contributed by atoms with Gasteiger partial charge in [-0.15, -0.1) is 0 Å². The normalized spacial score (nSPS) is 14.6. The minimum Gasteiger partial charge on any atom is -0.342 e. The van der Waals surface area contributed by atoms with Crippen molar-refractivity contribution in [1.29, 1.82) is 5.26 Å². The highest BCUT2D eigenvalue weighted by Crippen LogP contribution is 2.11. The lowest BCUT2D eigenvalue weighted by Crippen LogP contribution is -2.56. The number of allylic oxidation sites excluding steroid dienone is 2. The molecule has 2 atom stereocenters. The molecule has 0 saturated carbocycles. The molecule has 1 aliphatic rings. The van der Waals surface area contributed by atoms with E-state index in [9.17, 15) is 14.4 Å². The molecule has 0 aromatic heterocycles. The highest BCUT2D eigenvalue weighted by Gasteiger charge is 2.30. The number of hydrazine groups is 1. The van der Waals surface area contributed by atoms with E-state index in [1.54, 1.807) is 12.3 Å². The average Bonchev–Trinajstić information content (AvgIpc) is 2.81. The van der Waals surface area contributed by atoms with E-state index in [1.165, 1.54) is 25.3 Å². The predicted octanol–water partition coefficient (Wildman–Crippen LogP) is 2.34. The SMILES string of the molecule is CC(C)CC(NC(=O)C(Cc1ccccc1)NC(=O)C1=CCCC=CN=C1)C(=O)N(C)N(C)C#N. The van der Waals surface area contributed by atoms with Crippen molar-refractivity contribution >= 4 is 23.9 Å². The molecule has 2 rings (SSSR count). The lowest BCUT2D eigenvalue weighted by molar-refractivity contribution is -0.144. The number of aliphatic imine (C=N–C) groups is 1. The molecule has 0 radical (unpaired) electrons. The maximum Gasteiger partial charge on any atom is 0.263 e. The Kier molecular flexibility index (Phi) is 10.7. The minimum atomic E-state index is -0.915. The van der Waals surface area contributed by atoms with Crippen LogP contribution in [0, 0.1) is 17.4 Å². The first kappa shape index (κ1) is 27.3. The largest absolute Gasteiger partial charge is 0.342 e. The first-order valence-corrected chi connectivity index (χ1v) is 11.7. The van der Waals surface area contributed by atoms with Crippen molar-refractivity contribution in [2.24, 2.45) is 10.9 Å². The second-order valence-corrected chi connectivity index (χ2v) is 8.79. The molecule has 9 heteroatoms.